The summed E-state index contributed by atoms with van der Waals surface area (Å²) in [6.45, 7) is 6.13. The maximum atomic E-state index is 13.4. The van der Waals surface area contributed by atoms with Crippen LogP contribution in [0.5, 0.6) is 28.7 Å². The molecule has 192 valence electrons. The zero-order chi connectivity index (χ0) is 25.4. The zero-order valence-electron chi connectivity index (χ0n) is 21.2. The fourth-order valence-electron chi connectivity index (χ4n) is 6.59. The van der Waals surface area contributed by atoms with Crippen molar-refractivity contribution in [2.24, 2.45) is 11.8 Å². The van der Waals surface area contributed by atoms with Gasteiger partial charge in [-0.05, 0) is 61.7 Å². The van der Waals surface area contributed by atoms with Gasteiger partial charge in [0, 0.05) is 11.8 Å². The molecule has 0 N–H and O–H groups in total. The molecule has 4 aliphatic rings. The number of fused-ring (bicyclic) bond motifs is 5. The lowest BCUT2D eigenvalue weighted by Crippen LogP contribution is -2.52. The standard InChI is InChI=1S/C27H30O9/c1-13-27(36-26(2,3)35-13)16-10-19-18(33-12-34-19)9-15(16)22(23-17(27)11-32-25(23)28)14-7-20(29-4)24(31-6)21(8-14)30-5/h7-10,13,17,22-23H,11-12H2,1-6H3/t13-,17-,22+,23-,27?/m0/s1. The number of carbonyl (C=O) groups excluding carboxylic acids is 1. The molecule has 3 heterocycles. The molecular formula is C27H30O9. The van der Waals surface area contributed by atoms with E-state index in [1.807, 2.05) is 45.0 Å². The predicted molar refractivity (Wildman–Crippen MR) is 126 cm³/mol. The molecule has 3 aliphatic heterocycles. The van der Waals surface area contributed by atoms with Gasteiger partial charge in [0.15, 0.2) is 28.8 Å². The highest BCUT2D eigenvalue weighted by molar-refractivity contribution is 5.79. The number of carbonyl (C=O) groups is 1. The topological polar surface area (TPSA) is 90.9 Å². The number of esters is 1. The molecule has 5 atom stereocenters. The Morgan fingerprint density at radius 1 is 0.917 bits per heavy atom. The quantitative estimate of drug-likeness (QED) is 0.585. The molecule has 9 heteroatoms. The van der Waals surface area contributed by atoms with E-state index in [1.165, 1.54) is 0 Å². The summed E-state index contributed by atoms with van der Waals surface area (Å²) in [5, 5.41) is 0. The van der Waals surface area contributed by atoms with E-state index in [0.29, 0.717) is 28.7 Å². The van der Waals surface area contributed by atoms with Crippen LogP contribution in [0.25, 0.3) is 0 Å². The molecule has 2 fully saturated rings. The monoisotopic (exact) mass is 498 g/mol. The van der Waals surface area contributed by atoms with Crippen LogP contribution in [0.4, 0.5) is 0 Å². The maximum absolute atomic E-state index is 13.4. The van der Waals surface area contributed by atoms with Crippen molar-refractivity contribution in [1.29, 1.82) is 0 Å². The molecule has 36 heavy (non-hydrogen) atoms. The Bertz CT molecular complexity index is 1210. The first-order valence-corrected chi connectivity index (χ1v) is 12.0. The summed E-state index contributed by atoms with van der Waals surface area (Å²) in [5.41, 5.74) is 1.72. The van der Waals surface area contributed by atoms with Gasteiger partial charge in [-0.3, -0.25) is 4.79 Å². The first-order chi connectivity index (χ1) is 17.2. The number of benzene rings is 2. The largest absolute Gasteiger partial charge is 0.493 e. The molecule has 9 nitrogen and oxygen atoms in total. The smallest absolute Gasteiger partial charge is 0.310 e. The third kappa shape index (κ3) is 3.05. The molecule has 6 rings (SSSR count). The van der Waals surface area contributed by atoms with E-state index in [-0.39, 0.29) is 37.3 Å². The number of methoxy groups -OCH3 is 3. The number of ether oxygens (including phenoxy) is 8. The molecule has 0 bridgehead atoms. The molecule has 1 spiro atoms. The third-order valence-electron chi connectivity index (χ3n) is 7.85. The van der Waals surface area contributed by atoms with Crippen LogP contribution in [0, 0.1) is 11.8 Å². The molecule has 2 saturated heterocycles. The number of hydrogen-bond donors (Lipinski definition) is 0. The van der Waals surface area contributed by atoms with E-state index in [9.17, 15) is 4.79 Å². The van der Waals surface area contributed by atoms with Crippen LogP contribution in [0.3, 0.4) is 0 Å². The SMILES string of the molecule is COc1cc([C@@H]2c3cc4c(cc3C3(OC(C)(C)O[C@H]3C)[C@H]3COC(=O)[C@H]23)OCO4)cc(OC)c1OC. The Hall–Kier alpha value is -3.17. The van der Waals surface area contributed by atoms with E-state index in [4.69, 9.17) is 37.9 Å². The molecule has 0 radical (unpaired) electrons. The summed E-state index contributed by atoms with van der Waals surface area (Å²) in [6.07, 6.45) is -0.338. The second kappa shape index (κ2) is 7.91. The summed E-state index contributed by atoms with van der Waals surface area (Å²) >= 11 is 0. The first kappa shape index (κ1) is 23.2. The van der Waals surface area contributed by atoms with Gasteiger partial charge in [-0.25, -0.2) is 0 Å². The molecule has 1 aliphatic carbocycles. The van der Waals surface area contributed by atoms with Crippen molar-refractivity contribution in [3.05, 3.63) is 41.0 Å². The minimum Gasteiger partial charge on any atom is -0.493 e. The minimum atomic E-state index is -0.909. The van der Waals surface area contributed by atoms with Gasteiger partial charge in [-0.1, -0.05) is 0 Å². The minimum absolute atomic E-state index is 0.132. The number of cyclic esters (lactones) is 1. The second-order valence-corrected chi connectivity index (χ2v) is 10.0. The van der Waals surface area contributed by atoms with E-state index in [2.05, 4.69) is 0 Å². The third-order valence-corrected chi connectivity index (χ3v) is 7.85. The van der Waals surface area contributed by atoms with Gasteiger partial charge < -0.3 is 37.9 Å². The van der Waals surface area contributed by atoms with Gasteiger partial charge in [0.05, 0.1) is 40.0 Å². The Kier molecular flexibility index (Phi) is 5.11. The van der Waals surface area contributed by atoms with Gasteiger partial charge in [-0.15, -0.1) is 0 Å². The highest BCUT2D eigenvalue weighted by Gasteiger charge is 2.67. The maximum Gasteiger partial charge on any atom is 0.310 e. The Labute approximate surface area is 209 Å². The van der Waals surface area contributed by atoms with Crippen molar-refractivity contribution in [3.8, 4) is 28.7 Å². The second-order valence-electron chi connectivity index (χ2n) is 10.0. The predicted octanol–water partition coefficient (Wildman–Crippen LogP) is 3.74. The lowest BCUT2D eigenvalue weighted by atomic mass is 9.59. The van der Waals surface area contributed by atoms with Crippen molar-refractivity contribution in [2.45, 2.75) is 44.2 Å². The molecule has 1 unspecified atom stereocenters. The van der Waals surface area contributed by atoms with Crippen LogP contribution < -0.4 is 23.7 Å². The molecule has 0 amide bonds. The van der Waals surface area contributed by atoms with Crippen LogP contribution >= 0.6 is 0 Å². The van der Waals surface area contributed by atoms with Crippen LogP contribution in [0.1, 0.15) is 43.4 Å². The van der Waals surface area contributed by atoms with Gasteiger partial charge in [-0.2, -0.15) is 0 Å². The summed E-state index contributed by atoms with van der Waals surface area (Å²) in [7, 11) is 4.71. The summed E-state index contributed by atoms with van der Waals surface area (Å²) in [4.78, 5) is 13.4. The van der Waals surface area contributed by atoms with Gasteiger partial charge in [0.25, 0.3) is 0 Å². The van der Waals surface area contributed by atoms with Crippen LogP contribution in [-0.2, 0) is 24.6 Å². The number of hydrogen-bond acceptors (Lipinski definition) is 9. The van der Waals surface area contributed by atoms with Crippen molar-refractivity contribution < 1.29 is 42.7 Å². The van der Waals surface area contributed by atoms with Crippen molar-refractivity contribution >= 4 is 5.97 Å². The fraction of sp³-hybridized carbons (Fsp3) is 0.519. The van der Waals surface area contributed by atoms with Crippen molar-refractivity contribution in [1.82, 2.24) is 0 Å². The van der Waals surface area contributed by atoms with E-state index in [0.717, 1.165) is 16.7 Å². The summed E-state index contributed by atoms with van der Waals surface area (Å²) in [5.74, 6) is 0.436. The lowest BCUT2D eigenvalue weighted by Gasteiger charge is -2.47. The number of rotatable bonds is 4. The average molecular weight is 499 g/mol. The Morgan fingerprint density at radius 3 is 2.17 bits per heavy atom. The van der Waals surface area contributed by atoms with E-state index in [1.54, 1.807) is 21.3 Å². The van der Waals surface area contributed by atoms with Gasteiger partial charge in [0.1, 0.15) is 5.60 Å². The Balaban J connectivity index is 1.64. The van der Waals surface area contributed by atoms with Crippen LogP contribution in [-0.4, -0.2) is 52.6 Å². The van der Waals surface area contributed by atoms with Crippen molar-refractivity contribution in [2.75, 3.05) is 34.7 Å². The average Bonchev–Trinajstić information content (AvgIpc) is 3.53. The Morgan fingerprint density at radius 2 is 1.58 bits per heavy atom. The highest BCUT2D eigenvalue weighted by atomic mass is 16.8. The fourth-order valence-corrected chi connectivity index (χ4v) is 6.59. The normalized spacial score (nSPS) is 31.1. The van der Waals surface area contributed by atoms with Crippen molar-refractivity contribution in [3.63, 3.8) is 0 Å². The summed E-state index contributed by atoms with van der Waals surface area (Å²) < 4.78 is 47.1. The molecule has 0 aromatic heterocycles. The van der Waals surface area contributed by atoms with Crippen LogP contribution in [0.15, 0.2) is 24.3 Å². The van der Waals surface area contributed by atoms with E-state index < -0.39 is 17.3 Å². The van der Waals surface area contributed by atoms with Gasteiger partial charge in [0.2, 0.25) is 12.5 Å². The highest BCUT2D eigenvalue weighted by Crippen LogP contribution is 2.62. The van der Waals surface area contributed by atoms with E-state index >= 15 is 0 Å². The molecule has 0 saturated carbocycles. The molecule has 2 aromatic carbocycles. The molecule has 2 aromatic rings. The summed E-state index contributed by atoms with van der Waals surface area (Å²) in [6, 6.07) is 7.71. The first-order valence-electron chi connectivity index (χ1n) is 12.0. The van der Waals surface area contributed by atoms with Gasteiger partial charge >= 0.3 is 5.97 Å². The zero-order valence-corrected chi connectivity index (χ0v) is 21.2. The van der Waals surface area contributed by atoms with Crippen LogP contribution in [0.2, 0.25) is 0 Å². The molecular weight excluding hydrogens is 468 g/mol. The lowest BCUT2D eigenvalue weighted by molar-refractivity contribution is -0.182.